The molecular formula is C32H33ClN8O2. The molecule has 10 nitrogen and oxygen atoms in total. The van der Waals surface area contributed by atoms with Crippen LogP contribution in [0.15, 0.2) is 85.6 Å². The normalized spacial score (nSPS) is 13.2. The van der Waals surface area contributed by atoms with Crippen LogP contribution in [0.5, 0.6) is 0 Å². The van der Waals surface area contributed by atoms with Crippen molar-refractivity contribution in [1.29, 1.82) is 0 Å². The van der Waals surface area contributed by atoms with Gasteiger partial charge in [0.05, 0.1) is 10.7 Å². The van der Waals surface area contributed by atoms with Crippen molar-refractivity contribution in [3.63, 3.8) is 0 Å². The van der Waals surface area contributed by atoms with Crippen LogP contribution in [0.4, 0.5) is 40.2 Å². The molecule has 0 saturated carbocycles. The fourth-order valence-electron chi connectivity index (χ4n) is 4.63. The van der Waals surface area contributed by atoms with Crippen molar-refractivity contribution < 1.29 is 9.59 Å². The van der Waals surface area contributed by atoms with Crippen molar-refractivity contribution in [2.45, 2.75) is 6.92 Å². The zero-order chi connectivity index (χ0) is 30.3. The molecule has 1 aliphatic rings. The first-order valence-electron chi connectivity index (χ1n) is 13.8. The van der Waals surface area contributed by atoms with E-state index in [0.29, 0.717) is 28.0 Å². The molecule has 0 unspecified atom stereocenters. The van der Waals surface area contributed by atoms with E-state index in [2.05, 4.69) is 66.8 Å². The van der Waals surface area contributed by atoms with E-state index in [1.807, 2.05) is 31.2 Å². The number of para-hydroxylation sites is 1. The summed E-state index contributed by atoms with van der Waals surface area (Å²) in [7, 11) is 2.14. The van der Waals surface area contributed by atoms with E-state index in [1.165, 1.54) is 12.3 Å². The molecule has 220 valence electrons. The molecule has 0 atom stereocenters. The average molecular weight is 597 g/mol. The van der Waals surface area contributed by atoms with Gasteiger partial charge in [-0.15, -0.1) is 0 Å². The number of hydrogen-bond acceptors (Lipinski definition) is 8. The van der Waals surface area contributed by atoms with E-state index in [-0.39, 0.29) is 17.3 Å². The topological polar surface area (TPSA) is 115 Å². The minimum Gasteiger partial charge on any atom is -0.369 e. The van der Waals surface area contributed by atoms with Crippen LogP contribution in [0, 0.1) is 6.92 Å². The Balaban J connectivity index is 1.41. The van der Waals surface area contributed by atoms with Gasteiger partial charge in [0.15, 0.2) is 0 Å². The maximum Gasteiger partial charge on any atom is 0.261 e. The minimum absolute atomic E-state index is 0.204. The monoisotopic (exact) mass is 596 g/mol. The highest BCUT2D eigenvalue weighted by atomic mass is 35.5. The van der Waals surface area contributed by atoms with Gasteiger partial charge in [0.2, 0.25) is 11.9 Å². The van der Waals surface area contributed by atoms with Gasteiger partial charge in [-0.05, 0) is 74.1 Å². The largest absolute Gasteiger partial charge is 0.369 e. The molecule has 0 radical (unpaired) electrons. The van der Waals surface area contributed by atoms with E-state index in [1.54, 1.807) is 30.3 Å². The molecule has 11 heteroatoms. The maximum atomic E-state index is 13.5. The van der Waals surface area contributed by atoms with Crippen molar-refractivity contribution in [1.82, 2.24) is 14.9 Å². The van der Waals surface area contributed by atoms with Crippen LogP contribution in [-0.4, -0.2) is 59.9 Å². The van der Waals surface area contributed by atoms with Gasteiger partial charge in [-0.2, -0.15) is 4.98 Å². The summed E-state index contributed by atoms with van der Waals surface area (Å²) in [4.78, 5) is 39.1. The van der Waals surface area contributed by atoms with Gasteiger partial charge < -0.3 is 31.1 Å². The summed E-state index contributed by atoms with van der Waals surface area (Å²) < 4.78 is 0. The molecule has 5 rings (SSSR count). The molecule has 0 bridgehead atoms. The fourth-order valence-corrected chi connectivity index (χ4v) is 4.90. The predicted molar refractivity (Wildman–Crippen MR) is 174 cm³/mol. The lowest BCUT2D eigenvalue weighted by molar-refractivity contribution is -0.111. The third-order valence-electron chi connectivity index (χ3n) is 7.06. The van der Waals surface area contributed by atoms with Crippen LogP contribution >= 0.6 is 11.6 Å². The number of halogens is 1. The Morgan fingerprint density at radius 3 is 2.35 bits per heavy atom. The quantitative estimate of drug-likeness (QED) is 0.173. The first-order valence-corrected chi connectivity index (χ1v) is 14.2. The number of anilines is 7. The second-order valence-electron chi connectivity index (χ2n) is 10.2. The number of nitrogens with one attached hydrogen (secondary N) is 4. The van der Waals surface area contributed by atoms with Gasteiger partial charge in [-0.3, -0.25) is 9.59 Å². The summed E-state index contributed by atoms with van der Waals surface area (Å²) >= 11 is 6.37. The Morgan fingerprint density at radius 1 is 0.907 bits per heavy atom. The van der Waals surface area contributed by atoms with Crippen LogP contribution in [0.3, 0.4) is 0 Å². The lowest BCUT2D eigenvalue weighted by atomic mass is 10.2. The Hall–Kier alpha value is -4.93. The molecule has 4 N–H and O–H groups in total. The number of nitrogens with zero attached hydrogens (tertiary/aromatic N) is 4. The van der Waals surface area contributed by atoms with Gasteiger partial charge in [0.1, 0.15) is 11.4 Å². The zero-order valence-electron chi connectivity index (χ0n) is 24.0. The second-order valence-corrected chi connectivity index (χ2v) is 10.6. The molecule has 2 amide bonds. The van der Waals surface area contributed by atoms with Crippen molar-refractivity contribution in [3.05, 3.63) is 102 Å². The van der Waals surface area contributed by atoms with E-state index in [4.69, 9.17) is 11.6 Å². The second kappa shape index (κ2) is 13.4. The highest BCUT2D eigenvalue weighted by Crippen LogP contribution is 2.29. The first kappa shape index (κ1) is 29.6. The summed E-state index contributed by atoms with van der Waals surface area (Å²) in [5, 5.41) is 12.5. The number of carbonyl (C=O) groups is 2. The lowest BCUT2D eigenvalue weighted by Crippen LogP contribution is -2.44. The van der Waals surface area contributed by atoms with Crippen LogP contribution in [-0.2, 0) is 4.79 Å². The molecule has 0 spiro atoms. The van der Waals surface area contributed by atoms with E-state index < -0.39 is 5.91 Å². The van der Waals surface area contributed by atoms with Gasteiger partial charge in [-0.25, -0.2) is 4.98 Å². The summed E-state index contributed by atoms with van der Waals surface area (Å²) in [5.41, 5.74) is 4.66. The number of likely N-dealkylation sites (N-methyl/N-ethyl adjacent to an activating group) is 1. The number of amides is 2. The highest BCUT2D eigenvalue weighted by molar-refractivity contribution is 6.34. The fraction of sp³-hybridized carbons (Fsp3) is 0.188. The summed E-state index contributed by atoms with van der Waals surface area (Å²) in [6, 6.07) is 20.6. The van der Waals surface area contributed by atoms with Crippen LogP contribution in [0.2, 0.25) is 5.02 Å². The number of carbonyl (C=O) groups excluding carboxylic acids is 2. The van der Waals surface area contributed by atoms with E-state index >= 15 is 0 Å². The zero-order valence-corrected chi connectivity index (χ0v) is 24.8. The number of benzene rings is 3. The summed E-state index contributed by atoms with van der Waals surface area (Å²) in [5.74, 6) is -0.199. The van der Waals surface area contributed by atoms with Crippen LogP contribution in [0.25, 0.3) is 0 Å². The lowest BCUT2D eigenvalue weighted by Gasteiger charge is -2.34. The standard InChI is InChI=1S/C32H33ClN8O2/c1-4-28(42)35-23-8-6-9-24(19-23)36-30-26(31(43)38-29-21(2)7-5-10-27(29)33)20-34-32(39-30)37-22-11-13-25(14-12-22)41-17-15-40(3)16-18-41/h4-14,19-20H,1,15-18H2,2-3H3,(H,35,42)(H,38,43)(H2,34,36,37,39). The molecule has 2 heterocycles. The number of hydrogen-bond donors (Lipinski definition) is 4. The van der Waals surface area contributed by atoms with Crippen LogP contribution in [0.1, 0.15) is 15.9 Å². The van der Waals surface area contributed by atoms with Crippen molar-refractivity contribution in [3.8, 4) is 0 Å². The summed E-state index contributed by atoms with van der Waals surface area (Å²) in [6.07, 6.45) is 2.65. The number of aromatic nitrogens is 2. The van der Waals surface area contributed by atoms with Crippen LogP contribution < -0.4 is 26.2 Å². The predicted octanol–water partition coefficient (Wildman–Crippen LogP) is 6.05. The van der Waals surface area contributed by atoms with Crippen molar-refractivity contribution in [2.75, 3.05) is 59.4 Å². The van der Waals surface area contributed by atoms with Gasteiger partial charge in [-0.1, -0.05) is 36.4 Å². The van der Waals surface area contributed by atoms with Crippen molar-refractivity contribution >= 4 is 63.6 Å². The van der Waals surface area contributed by atoms with Gasteiger partial charge in [0.25, 0.3) is 5.91 Å². The first-order chi connectivity index (χ1) is 20.8. The molecule has 3 aromatic carbocycles. The summed E-state index contributed by atoms with van der Waals surface area (Å²) in [6.45, 7) is 9.38. The number of rotatable bonds is 9. The molecule has 4 aromatic rings. The van der Waals surface area contributed by atoms with Crippen molar-refractivity contribution in [2.24, 2.45) is 0 Å². The Bertz CT molecular complexity index is 1610. The molecule has 1 aromatic heterocycles. The minimum atomic E-state index is -0.433. The average Bonchev–Trinajstić information content (AvgIpc) is 3.00. The Morgan fingerprint density at radius 2 is 1.63 bits per heavy atom. The third-order valence-corrected chi connectivity index (χ3v) is 7.38. The smallest absolute Gasteiger partial charge is 0.261 e. The molecular weight excluding hydrogens is 564 g/mol. The molecule has 0 aliphatic carbocycles. The Labute approximate surface area is 255 Å². The third kappa shape index (κ3) is 7.48. The Kier molecular flexibility index (Phi) is 9.19. The number of piperazine rings is 1. The molecule has 1 aliphatic heterocycles. The molecule has 43 heavy (non-hydrogen) atoms. The highest BCUT2D eigenvalue weighted by Gasteiger charge is 2.19. The van der Waals surface area contributed by atoms with E-state index in [9.17, 15) is 9.59 Å². The number of aryl methyl sites for hydroxylation is 1. The SMILES string of the molecule is C=CC(=O)Nc1cccc(Nc2nc(Nc3ccc(N4CCN(C)CC4)cc3)ncc2C(=O)Nc2c(C)cccc2Cl)c1. The maximum absolute atomic E-state index is 13.5. The molecule has 1 saturated heterocycles. The van der Waals surface area contributed by atoms with E-state index in [0.717, 1.165) is 43.1 Å². The van der Waals surface area contributed by atoms with Gasteiger partial charge in [0, 0.05) is 55.1 Å². The van der Waals surface area contributed by atoms with Gasteiger partial charge >= 0.3 is 0 Å². The molecule has 1 fully saturated rings.